The van der Waals surface area contributed by atoms with Gasteiger partial charge in [-0.1, -0.05) is 47.6 Å². The zero-order chi connectivity index (χ0) is 20.4. The first kappa shape index (κ1) is 20.1. The molecule has 1 atom stereocenters. The highest BCUT2D eigenvalue weighted by Crippen LogP contribution is 2.35. The van der Waals surface area contributed by atoms with Crippen molar-refractivity contribution in [2.24, 2.45) is 10.7 Å². The number of aliphatic imine (C=N–C) groups is 1. The number of amidine groups is 1. The van der Waals surface area contributed by atoms with Crippen molar-refractivity contribution in [3.8, 4) is 0 Å². The minimum Gasteiger partial charge on any atom is -0.379 e. The number of halogens is 1. The normalized spacial score (nSPS) is 22.3. The molecular formula is C22H25ClN4OS. The predicted molar refractivity (Wildman–Crippen MR) is 122 cm³/mol. The lowest BCUT2D eigenvalue weighted by Crippen LogP contribution is -2.49. The van der Waals surface area contributed by atoms with E-state index in [0.29, 0.717) is 23.8 Å². The highest BCUT2D eigenvalue weighted by Gasteiger charge is 2.30. The van der Waals surface area contributed by atoms with Crippen LogP contribution in [0.1, 0.15) is 29.3 Å². The van der Waals surface area contributed by atoms with Gasteiger partial charge in [-0.2, -0.15) is 0 Å². The lowest BCUT2D eigenvalue weighted by atomic mass is 9.88. The van der Waals surface area contributed by atoms with Crippen LogP contribution in [0.15, 0.2) is 53.5 Å². The van der Waals surface area contributed by atoms with Crippen molar-refractivity contribution in [3.63, 3.8) is 0 Å². The molecule has 0 aliphatic carbocycles. The summed E-state index contributed by atoms with van der Waals surface area (Å²) in [7, 11) is 0. The van der Waals surface area contributed by atoms with E-state index in [9.17, 15) is 4.79 Å². The molecule has 0 saturated carbocycles. The number of hydrogen-bond donors (Lipinski definition) is 1. The number of thioether (sulfide) groups is 1. The van der Waals surface area contributed by atoms with Crippen LogP contribution >= 0.6 is 23.4 Å². The van der Waals surface area contributed by atoms with Gasteiger partial charge in [-0.3, -0.25) is 9.79 Å². The molecule has 4 rings (SSSR count). The van der Waals surface area contributed by atoms with Crippen LogP contribution in [0, 0.1) is 0 Å². The van der Waals surface area contributed by atoms with Crippen molar-refractivity contribution in [1.82, 2.24) is 4.90 Å². The van der Waals surface area contributed by atoms with E-state index in [1.54, 1.807) is 11.8 Å². The molecule has 152 valence electrons. The quantitative estimate of drug-likeness (QED) is 0.803. The van der Waals surface area contributed by atoms with Gasteiger partial charge < -0.3 is 15.5 Å². The molecule has 1 amide bonds. The second-order valence-corrected chi connectivity index (χ2v) is 9.16. The minimum atomic E-state index is -0.367. The van der Waals surface area contributed by atoms with Gasteiger partial charge in [-0.25, -0.2) is 0 Å². The van der Waals surface area contributed by atoms with E-state index >= 15 is 0 Å². The molecule has 0 bridgehead atoms. The van der Waals surface area contributed by atoms with Gasteiger partial charge >= 0.3 is 0 Å². The summed E-state index contributed by atoms with van der Waals surface area (Å²) in [5.74, 6) is 1.00. The summed E-state index contributed by atoms with van der Waals surface area (Å²) in [6.07, 6.45) is 0.909. The first-order chi connectivity index (χ1) is 14.0. The second-order valence-electron chi connectivity index (χ2n) is 7.63. The molecule has 2 aliphatic heterocycles. The SMILES string of the molecule is CC1(c2cccc(C(=O)N3CCN(c4ccccc4Cl)CC3)c2)CCSC(N)=N1. The van der Waals surface area contributed by atoms with Crippen molar-refractivity contribution in [2.45, 2.75) is 18.9 Å². The van der Waals surface area contributed by atoms with E-state index in [-0.39, 0.29) is 11.4 Å². The topological polar surface area (TPSA) is 61.9 Å². The number of piperazine rings is 1. The summed E-state index contributed by atoms with van der Waals surface area (Å²) in [5.41, 5.74) is 8.37. The molecule has 1 fully saturated rings. The molecule has 29 heavy (non-hydrogen) atoms. The largest absolute Gasteiger partial charge is 0.379 e. The first-order valence-electron chi connectivity index (χ1n) is 9.84. The van der Waals surface area contributed by atoms with Crippen LogP contribution in [0.3, 0.4) is 0 Å². The number of nitrogens with zero attached hydrogens (tertiary/aromatic N) is 3. The van der Waals surface area contributed by atoms with Gasteiger partial charge in [0.15, 0.2) is 5.17 Å². The van der Waals surface area contributed by atoms with Gasteiger partial charge in [-0.05, 0) is 43.2 Å². The molecule has 2 aromatic carbocycles. The van der Waals surface area contributed by atoms with E-state index in [4.69, 9.17) is 17.3 Å². The lowest BCUT2D eigenvalue weighted by Gasteiger charge is -2.36. The monoisotopic (exact) mass is 428 g/mol. The predicted octanol–water partition coefficient (Wildman–Crippen LogP) is 3.97. The van der Waals surface area contributed by atoms with Crippen LogP contribution in [-0.4, -0.2) is 47.9 Å². The third-order valence-electron chi connectivity index (χ3n) is 5.69. The van der Waals surface area contributed by atoms with Gasteiger partial charge in [-0.15, -0.1) is 0 Å². The van der Waals surface area contributed by atoms with Gasteiger partial charge in [0.2, 0.25) is 0 Å². The Balaban J connectivity index is 1.47. The number of anilines is 1. The summed E-state index contributed by atoms with van der Waals surface area (Å²) in [4.78, 5) is 21.9. The number of carbonyl (C=O) groups excluding carboxylic acids is 1. The molecule has 2 heterocycles. The Bertz CT molecular complexity index is 942. The molecule has 1 unspecified atom stereocenters. The molecular weight excluding hydrogens is 404 g/mol. The van der Waals surface area contributed by atoms with Gasteiger partial charge in [0.05, 0.1) is 16.2 Å². The highest BCUT2D eigenvalue weighted by molar-refractivity contribution is 8.13. The summed E-state index contributed by atoms with van der Waals surface area (Å²) in [6, 6.07) is 15.7. The fraction of sp³-hybridized carbons (Fsp3) is 0.364. The third-order valence-corrected chi connectivity index (χ3v) is 6.80. The van der Waals surface area contributed by atoms with Crippen LogP contribution in [0.4, 0.5) is 5.69 Å². The average molecular weight is 429 g/mol. The molecule has 0 radical (unpaired) electrons. The lowest BCUT2D eigenvalue weighted by molar-refractivity contribution is 0.0746. The zero-order valence-electron chi connectivity index (χ0n) is 16.5. The van der Waals surface area contributed by atoms with Crippen molar-refractivity contribution >= 4 is 40.1 Å². The van der Waals surface area contributed by atoms with Crippen molar-refractivity contribution in [1.29, 1.82) is 0 Å². The maximum absolute atomic E-state index is 13.1. The maximum atomic E-state index is 13.1. The Morgan fingerprint density at radius 2 is 1.90 bits per heavy atom. The molecule has 7 heteroatoms. The molecule has 0 spiro atoms. The van der Waals surface area contributed by atoms with E-state index in [2.05, 4.69) is 16.8 Å². The Morgan fingerprint density at radius 3 is 2.62 bits per heavy atom. The van der Waals surface area contributed by atoms with Crippen LogP contribution in [-0.2, 0) is 5.54 Å². The number of carbonyl (C=O) groups is 1. The van der Waals surface area contributed by atoms with E-state index < -0.39 is 0 Å². The molecule has 0 aromatic heterocycles. The number of benzene rings is 2. The summed E-state index contributed by atoms with van der Waals surface area (Å²) in [6.45, 7) is 4.97. The Kier molecular flexibility index (Phi) is 5.74. The highest BCUT2D eigenvalue weighted by atomic mass is 35.5. The van der Waals surface area contributed by atoms with Crippen LogP contribution < -0.4 is 10.6 Å². The number of hydrogen-bond acceptors (Lipinski definition) is 5. The van der Waals surface area contributed by atoms with Gasteiger partial charge in [0, 0.05) is 37.5 Å². The molecule has 2 aromatic rings. The zero-order valence-corrected chi connectivity index (χ0v) is 18.0. The standard InChI is InChI=1S/C22H25ClN4OS/c1-22(9-14-29-21(24)25-22)17-6-4-5-16(15-17)20(28)27-12-10-26(11-13-27)19-8-3-2-7-18(19)23/h2-8,15H,9-14H2,1H3,(H2,24,25). The van der Waals surface area contributed by atoms with Gasteiger partial charge in [0.1, 0.15) is 0 Å². The Hall–Kier alpha value is -2.18. The van der Waals surface area contributed by atoms with E-state index in [0.717, 1.165) is 41.5 Å². The van der Waals surface area contributed by atoms with Crippen LogP contribution in [0.25, 0.3) is 0 Å². The first-order valence-corrected chi connectivity index (χ1v) is 11.2. The number of nitrogens with two attached hydrogens (primary N) is 1. The van der Waals surface area contributed by atoms with Crippen molar-refractivity contribution in [3.05, 3.63) is 64.7 Å². The fourth-order valence-electron chi connectivity index (χ4n) is 3.92. The van der Waals surface area contributed by atoms with Crippen molar-refractivity contribution in [2.75, 3.05) is 36.8 Å². The maximum Gasteiger partial charge on any atom is 0.253 e. The molecule has 1 saturated heterocycles. The molecule has 2 N–H and O–H groups in total. The number of para-hydroxylation sites is 1. The van der Waals surface area contributed by atoms with Crippen LogP contribution in [0.2, 0.25) is 5.02 Å². The summed E-state index contributed by atoms with van der Waals surface area (Å²) in [5, 5.41) is 1.37. The van der Waals surface area contributed by atoms with E-state index in [1.165, 1.54) is 0 Å². The van der Waals surface area contributed by atoms with Crippen molar-refractivity contribution < 1.29 is 4.79 Å². The van der Waals surface area contributed by atoms with Crippen LogP contribution in [0.5, 0.6) is 0 Å². The average Bonchev–Trinajstić information content (AvgIpc) is 2.74. The Morgan fingerprint density at radius 1 is 1.14 bits per heavy atom. The third kappa shape index (κ3) is 4.23. The summed E-state index contributed by atoms with van der Waals surface area (Å²) >= 11 is 7.91. The Labute approximate surface area is 180 Å². The second kappa shape index (κ2) is 8.28. The summed E-state index contributed by atoms with van der Waals surface area (Å²) < 4.78 is 0. The number of rotatable bonds is 3. The molecule has 2 aliphatic rings. The van der Waals surface area contributed by atoms with Gasteiger partial charge in [0.25, 0.3) is 5.91 Å². The molecule has 5 nitrogen and oxygen atoms in total. The van der Waals surface area contributed by atoms with E-state index in [1.807, 2.05) is 53.4 Å². The number of amides is 1. The fourth-order valence-corrected chi connectivity index (χ4v) is 5.15. The smallest absolute Gasteiger partial charge is 0.253 e. The minimum absolute atomic E-state index is 0.0661.